The summed E-state index contributed by atoms with van der Waals surface area (Å²) in [6, 6.07) is 5.61. The third-order valence-electron chi connectivity index (χ3n) is 2.64. The van der Waals surface area contributed by atoms with Gasteiger partial charge in [0, 0.05) is 17.8 Å². The summed E-state index contributed by atoms with van der Waals surface area (Å²) < 4.78 is 31.9. The second-order valence-corrected chi connectivity index (χ2v) is 4.28. The van der Waals surface area contributed by atoms with E-state index in [2.05, 4.69) is 4.98 Å². The molecular weight excluding hydrogens is 250 g/mol. The van der Waals surface area contributed by atoms with Gasteiger partial charge in [0.1, 0.15) is 12.4 Å². The van der Waals surface area contributed by atoms with Gasteiger partial charge in [0.15, 0.2) is 11.6 Å². The quantitative estimate of drug-likeness (QED) is 0.923. The molecule has 0 amide bonds. The van der Waals surface area contributed by atoms with Crippen LogP contribution in [0.15, 0.2) is 36.7 Å². The van der Waals surface area contributed by atoms with Crippen LogP contribution in [0.2, 0.25) is 0 Å². The highest BCUT2D eigenvalue weighted by Crippen LogP contribution is 2.22. The Balaban J connectivity index is 2.07. The van der Waals surface area contributed by atoms with Crippen molar-refractivity contribution in [3.05, 3.63) is 59.4 Å². The number of nitrogens with two attached hydrogens (primary N) is 1. The SMILES string of the molecule is C[C@H](N)c1ccc(OCc2cncc(F)c2)c(F)c1. The van der Waals surface area contributed by atoms with Gasteiger partial charge in [-0.2, -0.15) is 0 Å². The first-order valence-corrected chi connectivity index (χ1v) is 5.83. The minimum atomic E-state index is -0.487. The zero-order valence-electron chi connectivity index (χ0n) is 10.4. The molecule has 100 valence electrons. The molecule has 0 saturated carbocycles. The van der Waals surface area contributed by atoms with E-state index in [0.29, 0.717) is 11.1 Å². The fourth-order valence-corrected chi connectivity index (χ4v) is 1.61. The monoisotopic (exact) mass is 264 g/mol. The largest absolute Gasteiger partial charge is 0.486 e. The third kappa shape index (κ3) is 3.48. The lowest BCUT2D eigenvalue weighted by molar-refractivity contribution is 0.289. The lowest BCUT2D eigenvalue weighted by Gasteiger charge is -2.10. The standard InChI is InChI=1S/C14H14F2N2O/c1-9(17)11-2-3-14(13(16)5-11)19-8-10-4-12(15)7-18-6-10/h2-7,9H,8,17H2,1H3/t9-/m0/s1. The van der Waals surface area contributed by atoms with Gasteiger partial charge in [0.2, 0.25) is 0 Å². The van der Waals surface area contributed by atoms with Gasteiger partial charge in [-0.1, -0.05) is 6.07 Å². The van der Waals surface area contributed by atoms with E-state index < -0.39 is 11.6 Å². The number of hydrogen-bond acceptors (Lipinski definition) is 3. The molecular formula is C14H14F2N2O. The van der Waals surface area contributed by atoms with Crippen molar-refractivity contribution >= 4 is 0 Å². The molecule has 0 fully saturated rings. The first kappa shape index (κ1) is 13.4. The molecule has 0 aliphatic carbocycles. The van der Waals surface area contributed by atoms with Gasteiger partial charge in [0.25, 0.3) is 0 Å². The molecule has 1 atom stereocenters. The highest BCUT2D eigenvalue weighted by Gasteiger charge is 2.07. The summed E-state index contributed by atoms with van der Waals surface area (Å²) in [5, 5.41) is 0. The van der Waals surface area contributed by atoms with Crippen LogP contribution in [0.5, 0.6) is 5.75 Å². The van der Waals surface area contributed by atoms with E-state index in [1.165, 1.54) is 24.4 Å². The summed E-state index contributed by atoms with van der Waals surface area (Å²) in [5.41, 5.74) is 6.89. The van der Waals surface area contributed by atoms with Crippen LogP contribution in [0.25, 0.3) is 0 Å². The lowest BCUT2D eigenvalue weighted by Crippen LogP contribution is -2.06. The van der Waals surface area contributed by atoms with Gasteiger partial charge >= 0.3 is 0 Å². The molecule has 1 aromatic carbocycles. The zero-order valence-corrected chi connectivity index (χ0v) is 10.4. The van der Waals surface area contributed by atoms with Crippen molar-refractivity contribution in [2.45, 2.75) is 19.6 Å². The summed E-state index contributed by atoms with van der Waals surface area (Å²) >= 11 is 0. The Hall–Kier alpha value is -2.01. The molecule has 2 aromatic rings. The Morgan fingerprint density at radius 3 is 2.68 bits per heavy atom. The molecule has 1 heterocycles. The minimum Gasteiger partial charge on any atom is -0.486 e. The van der Waals surface area contributed by atoms with Crippen LogP contribution in [-0.2, 0) is 6.61 Å². The predicted octanol–water partition coefficient (Wildman–Crippen LogP) is 2.96. The van der Waals surface area contributed by atoms with Gasteiger partial charge in [-0.3, -0.25) is 4.98 Å². The van der Waals surface area contributed by atoms with Gasteiger partial charge in [0.05, 0.1) is 6.20 Å². The summed E-state index contributed by atoms with van der Waals surface area (Å²) in [5.74, 6) is -0.832. The fraction of sp³-hybridized carbons (Fsp3) is 0.214. The van der Waals surface area contributed by atoms with Crippen LogP contribution in [0.4, 0.5) is 8.78 Å². The van der Waals surface area contributed by atoms with Crippen molar-refractivity contribution in [1.29, 1.82) is 0 Å². The van der Waals surface area contributed by atoms with Crippen LogP contribution in [0.1, 0.15) is 24.1 Å². The Bertz CT molecular complexity index is 573. The maximum Gasteiger partial charge on any atom is 0.165 e. The number of ether oxygens (including phenoxy) is 1. The normalized spacial score (nSPS) is 12.2. The number of benzene rings is 1. The van der Waals surface area contributed by atoms with E-state index in [4.69, 9.17) is 10.5 Å². The van der Waals surface area contributed by atoms with Crippen LogP contribution >= 0.6 is 0 Å². The molecule has 0 bridgehead atoms. The molecule has 0 aliphatic heterocycles. The average molecular weight is 264 g/mol. The number of hydrogen-bond donors (Lipinski definition) is 1. The molecule has 0 unspecified atom stereocenters. The number of halogens is 2. The van der Waals surface area contributed by atoms with E-state index in [1.807, 2.05) is 0 Å². The molecule has 0 spiro atoms. The second-order valence-electron chi connectivity index (χ2n) is 4.28. The fourth-order valence-electron chi connectivity index (χ4n) is 1.61. The molecule has 2 N–H and O–H groups in total. The van der Waals surface area contributed by atoms with Crippen LogP contribution in [0.3, 0.4) is 0 Å². The molecule has 0 radical (unpaired) electrons. The summed E-state index contributed by atoms with van der Waals surface area (Å²) in [6.07, 6.45) is 2.57. The molecule has 5 heteroatoms. The highest BCUT2D eigenvalue weighted by molar-refractivity contribution is 5.31. The van der Waals surface area contributed by atoms with E-state index >= 15 is 0 Å². The topological polar surface area (TPSA) is 48.1 Å². The van der Waals surface area contributed by atoms with Crippen molar-refractivity contribution in [3.8, 4) is 5.75 Å². The van der Waals surface area contributed by atoms with Gasteiger partial charge in [-0.05, 0) is 30.7 Å². The maximum atomic E-state index is 13.7. The van der Waals surface area contributed by atoms with Crippen LogP contribution < -0.4 is 10.5 Å². The molecule has 2 rings (SSSR count). The first-order chi connectivity index (χ1) is 9.06. The summed E-state index contributed by atoms with van der Waals surface area (Å²) in [7, 11) is 0. The van der Waals surface area contributed by atoms with Gasteiger partial charge in [-0.25, -0.2) is 8.78 Å². The molecule has 3 nitrogen and oxygen atoms in total. The van der Waals surface area contributed by atoms with Crippen molar-refractivity contribution < 1.29 is 13.5 Å². The zero-order chi connectivity index (χ0) is 13.8. The second kappa shape index (κ2) is 5.75. The van der Waals surface area contributed by atoms with Crippen molar-refractivity contribution in [2.24, 2.45) is 5.73 Å². The smallest absolute Gasteiger partial charge is 0.165 e. The van der Waals surface area contributed by atoms with E-state index in [9.17, 15) is 8.78 Å². The Morgan fingerprint density at radius 1 is 1.26 bits per heavy atom. The molecule has 1 aromatic heterocycles. The van der Waals surface area contributed by atoms with Crippen LogP contribution in [0, 0.1) is 11.6 Å². The number of rotatable bonds is 4. The van der Waals surface area contributed by atoms with Gasteiger partial charge in [-0.15, -0.1) is 0 Å². The number of nitrogens with zero attached hydrogens (tertiary/aromatic N) is 1. The first-order valence-electron chi connectivity index (χ1n) is 5.83. The van der Waals surface area contributed by atoms with Crippen molar-refractivity contribution in [1.82, 2.24) is 4.98 Å². The van der Waals surface area contributed by atoms with E-state index in [1.54, 1.807) is 13.0 Å². The Labute approximate surface area is 110 Å². The Kier molecular flexibility index (Phi) is 4.06. The van der Waals surface area contributed by atoms with E-state index in [-0.39, 0.29) is 18.4 Å². The average Bonchev–Trinajstić information content (AvgIpc) is 2.37. The molecule has 19 heavy (non-hydrogen) atoms. The number of aromatic nitrogens is 1. The number of pyridine rings is 1. The van der Waals surface area contributed by atoms with Crippen molar-refractivity contribution in [2.75, 3.05) is 0 Å². The maximum absolute atomic E-state index is 13.7. The summed E-state index contributed by atoms with van der Waals surface area (Å²) in [4.78, 5) is 3.69. The lowest BCUT2D eigenvalue weighted by atomic mass is 10.1. The van der Waals surface area contributed by atoms with Crippen LogP contribution in [-0.4, -0.2) is 4.98 Å². The minimum absolute atomic E-state index is 0.0548. The van der Waals surface area contributed by atoms with Gasteiger partial charge < -0.3 is 10.5 Å². The summed E-state index contributed by atoms with van der Waals surface area (Å²) in [6.45, 7) is 1.83. The highest BCUT2D eigenvalue weighted by atomic mass is 19.1. The predicted molar refractivity (Wildman–Crippen MR) is 67.5 cm³/mol. The van der Waals surface area contributed by atoms with Crippen molar-refractivity contribution in [3.63, 3.8) is 0 Å². The third-order valence-corrected chi connectivity index (χ3v) is 2.64. The Morgan fingerprint density at radius 2 is 2.05 bits per heavy atom. The van der Waals surface area contributed by atoms with E-state index in [0.717, 1.165) is 6.20 Å². The molecule has 0 aliphatic rings. The molecule has 0 saturated heterocycles.